The third-order valence-electron chi connectivity index (χ3n) is 3.38. The van der Waals surface area contributed by atoms with E-state index >= 15 is 0 Å². The highest BCUT2D eigenvalue weighted by molar-refractivity contribution is 6.12. The van der Waals surface area contributed by atoms with Gasteiger partial charge in [-0.05, 0) is 43.2 Å². The first-order chi connectivity index (χ1) is 11.0. The third-order valence-corrected chi connectivity index (χ3v) is 3.38. The maximum atomic E-state index is 12.7. The van der Waals surface area contributed by atoms with Crippen molar-refractivity contribution >= 4 is 12.1 Å². The number of halogens is 2. The van der Waals surface area contributed by atoms with Gasteiger partial charge in [0.1, 0.15) is 0 Å². The first kappa shape index (κ1) is 18.7. The molecule has 1 aromatic rings. The maximum absolute atomic E-state index is 12.7. The van der Waals surface area contributed by atoms with E-state index in [1.54, 1.807) is 18.3 Å². The number of rotatable bonds is 1. The summed E-state index contributed by atoms with van der Waals surface area (Å²) < 4.78 is 25.4. The fourth-order valence-corrected chi connectivity index (χ4v) is 2.35. The highest BCUT2D eigenvalue weighted by Crippen LogP contribution is 2.24. The Balaban J connectivity index is 0.000000816. The van der Waals surface area contributed by atoms with Crippen LogP contribution in [0, 0.1) is 0 Å². The number of hydrogen-bond acceptors (Lipinski definition) is 5. The summed E-state index contributed by atoms with van der Waals surface area (Å²) >= 11 is 0. The smallest absolute Gasteiger partial charge is 0.332 e. The number of fused-ring (bicyclic) bond motifs is 2. The minimum atomic E-state index is -2.77. The molecule has 6 nitrogen and oxygen atoms in total. The summed E-state index contributed by atoms with van der Waals surface area (Å²) in [7, 11) is 0. The van der Waals surface area contributed by atoms with Gasteiger partial charge in [0.05, 0.1) is 11.4 Å². The van der Waals surface area contributed by atoms with E-state index in [2.05, 4.69) is 15.7 Å². The Morgan fingerprint density at radius 3 is 2.65 bits per heavy atom. The number of nitrogens with two attached hydrogens (primary N) is 3. The molecule has 6 N–H and O–H groups in total. The standard InChI is InChI=1S/C14H18F2N4.CH3NO/c15-14(16)20-13-9-5-6-19-12(7-9)11(18)4-2-1-3-10(13)8-17;2-1-3/h5-8,11,14H,1-4,17-18H2;1H,(H2,2,3)/b10-8-,20-13+;. The number of carbonyl (C=O) groups is 1. The summed E-state index contributed by atoms with van der Waals surface area (Å²) in [6.07, 6.45) is 6.35. The number of allylic oxidation sites excluding steroid dienone is 1. The molecular formula is C15H21F2N5O. The minimum absolute atomic E-state index is 0.175. The summed E-state index contributed by atoms with van der Waals surface area (Å²) in [5.74, 6) is 0. The number of alkyl halides is 2. The largest absolute Gasteiger partial charge is 0.404 e. The van der Waals surface area contributed by atoms with E-state index in [1.807, 2.05) is 0 Å². The Bertz CT molecular complexity index is 575. The first-order valence-corrected chi connectivity index (χ1v) is 7.17. The van der Waals surface area contributed by atoms with Gasteiger partial charge < -0.3 is 17.2 Å². The average molecular weight is 325 g/mol. The third kappa shape index (κ3) is 5.74. The molecule has 0 saturated heterocycles. The van der Waals surface area contributed by atoms with E-state index < -0.39 is 6.55 Å². The van der Waals surface area contributed by atoms with Gasteiger partial charge in [0.2, 0.25) is 6.41 Å². The Kier molecular flexibility index (Phi) is 7.82. The van der Waals surface area contributed by atoms with E-state index in [9.17, 15) is 8.78 Å². The van der Waals surface area contributed by atoms with E-state index in [4.69, 9.17) is 16.3 Å². The fourth-order valence-electron chi connectivity index (χ4n) is 2.35. The highest BCUT2D eigenvalue weighted by Gasteiger charge is 2.17. The Morgan fingerprint density at radius 2 is 2.04 bits per heavy atom. The molecule has 1 heterocycles. The summed E-state index contributed by atoms with van der Waals surface area (Å²) in [6.45, 7) is -2.77. The van der Waals surface area contributed by atoms with Gasteiger partial charge in [-0.2, -0.15) is 8.78 Å². The molecule has 1 atom stereocenters. The van der Waals surface area contributed by atoms with E-state index in [0.29, 0.717) is 23.3 Å². The molecule has 2 bridgehead atoms. The molecule has 0 fully saturated rings. The minimum Gasteiger partial charge on any atom is -0.404 e. The molecule has 1 unspecified atom stereocenters. The molecular weight excluding hydrogens is 304 g/mol. The van der Waals surface area contributed by atoms with Gasteiger partial charge in [-0.3, -0.25) is 9.78 Å². The van der Waals surface area contributed by atoms with Crippen molar-refractivity contribution < 1.29 is 13.6 Å². The predicted molar refractivity (Wildman–Crippen MR) is 84.7 cm³/mol. The van der Waals surface area contributed by atoms with Crippen LogP contribution in [0.4, 0.5) is 8.78 Å². The Hall–Kier alpha value is -2.35. The number of aliphatic imine (C=N–C) groups is 1. The molecule has 1 amide bonds. The summed E-state index contributed by atoms with van der Waals surface area (Å²) in [6, 6.07) is 3.20. The van der Waals surface area contributed by atoms with Crippen LogP contribution in [0.25, 0.3) is 0 Å². The van der Waals surface area contributed by atoms with Crippen molar-refractivity contribution in [2.75, 3.05) is 0 Å². The Morgan fingerprint density at radius 1 is 1.35 bits per heavy atom. The SMILES string of the molecule is N/C=C1/CCCCC(N)c2cc(ccn2)/C1=N\C(F)F.NC=O. The van der Waals surface area contributed by atoms with Crippen molar-refractivity contribution in [1.82, 2.24) is 4.98 Å². The van der Waals surface area contributed by atoms with Crippen molar-refractivity contribution in [3.63, 3.8) is 0 Å². The molecule has 2 rings (SSSR count). The van der Waals surface area contributed by atoms with E-state index in [-0.39, 0.29) is 18.2 Å². The molecule has 8 heteroatoms. The highest BCUT2D eigenvalue weighted by atomic mass is 19.3. The van der Waals surface area contributed by atoms with Gasteiger partial charge in [-0.1, -0.05) is 6.42 Å². The normalized spacial score (nSPS) is 21.7. The van der Waals surface area contributed by atoms with Gasteiger partial charge in [0, 0.05) is 17.8 Å². The quantitative estimate of drug-likeness (QED) is 0.536. The predicted octanol–water partition coefficient (Wildman–Crippen LogP) is 1.61. The second-order valence-electron chi connectivity index (χ2n) is 4.91. The van der Waals surface area contributed by atoms with Crippen molar-refractivity contribution in [3.8, 4) is 0 Å². The molecule has 0 radical (unpaired) electrons. The number of aromatic nitrogens is 1. The number of pyridine rings is 1. The number of hydrogen-bond donors (Lipinski definition) is 3. The summed E-state index contributed by atoms with van der Waals surface area (Å²) in [5.41, 5.74) is 18.0. The lowest BCUT2D eigenvalue weighted by molar-refractivity contribution is -0.106. The molecule has 1 aromatic heterocycles. The topological polar surface area (TPSA) is 120 Å². The van der Waals surface area contributed by atoms with Gasteiger partial charge in [-0.25, -0.2) is 4.99 Å². The van der Waals surface area contributed by atoms with Crippen molar-refractivity contribution in [2.24, 2.45) is 22.2 Å². The molecule has 1 aliphatic carbocycles. The lowest BCUT2D eigenvalue weighted by Gasteiger charge is -2.17. The van der Waals surface area contributed by atoms with Crippen molar-refractivity contribution in [3.05, 3.63) is 41.4 Å². The lowest BCUT2D eigenvalue weighted by atomic mass is 9.94. The van der Waals surface area contributed by atoms with Crippen molar-refractivity contribution in [2.45, 2.75) is 38.3 Å². The molecule has 126 valence electrons. The lowest BCUT2D eigenvalue weighted by Crippen LogP contribution is -2.16. The van der Waals surface area contributed by atoms with Crippen LogP contribution in [0.15, 0.2) is 35.1 Å². The second kappa shape index (κ2) is 9.62. The zero-order valence-electron chi connectivity index (χ0n) is 12.7. The molecule has 23 heavy (non-hydrogen) atoms. The van der Waals surface area contributed by atoms with Gasteiger partial charge in [0.15, 0.2) is 0 Å². The maximum Gasteiger partial charge on any atom is 0.332 e. The number of nitrogens with zero attached hydrogens (tertiary/aromatic N) is 2. The number of amides is 1. The van der Waals surface area contributed by atoms with E-state index in [1.165, 1.54) is 6.20 Å². The van der Waals surface area contributed by atoms with Crippen LogP contribution < -0.4 is 17.2 Å². The first-order valence-electron chi connectivity index (χ1n) is 7.17. The van der Waals surface area contributed by atoms with Gasteiger partial charge >= 0.3 is 6.55 Å². The molecule has 0 spiro atoms. The molecule has 0 aliphatic heterocycles. The fraction of sp³-hybridized carbons (Fsp3) is 0.400. The molecule has 0 saturated carbocycles. The van der Waals surface area contributed by atoms with Gasteiger partial charge in [-0.15, -0.1) is 0 Å². The molecule has 1 aliphatic rings. The van der Waals surface area contributed by atoms with Crippen LogP contribution in [0.5, 0.6) is 0 Å². The molecule has 0 aromatic carbocycles. The number of carbonyl (C=O) groups excluding carboxylic acids is 1. The Labute approximate surface area is 133 Å². The van der Waals surface area contributed by atoms with Crippen LogP contribution in [-0.2, 0) is 4.79 Å². The van der Waals surface area contributed by atoms with E-state index in [0.717, 1.165) is 19.3 Å². The van der Waals surface area contributed by atoms with Crippen molar-refractivity contribution in [1.29, 1.82) is 0 Å². The summed E-state index contributed by atoms with van der Waals surface area (Å²) in [5, 5.41) is 0. The zero-order valence-corrected chi connectivity index (χ0v) is 12.7. The van der Waals surface area contributed by atoms with Crippen LogP contribution in [0.3, 0.4) is 0 Å². The monoisotopic (exact) mass is 325 g/mol. The zero-order chi connectivity index (χ0) is 17.2. The van der Waals surface area contributed by atoms with Gasteiger partial charge in [0.25, 0.3) is 0 Å². The summed E-state index contributed by atoms with van der Waals surface area (Å²) in [4.78, 5) is 16.2. The number of primary amides is 1. The van der Waals surface area contributed by atoms with Crippen LogP contribution in [-0.4, -0.2) is 23.7 Å². The average Bonchev–Trinajstić information content (AvgIpc) is 2.53. The van der Waals surface area contributed by atoms with Crippen LogP contribution >= 0.6 is 0 Å². The van der Waals surface area contributed by atoms with Crippen LogP contribution in [0.1, 0.15) is 43.0 Å². The van der Waals surface area contributed by atoms with Crippen LogP contribution in [0.2, 0.25) is 0 Å². The second-order valence-corrected chi connectivity index (χ2v) is 4.91.